The van der Waals surface area contributed by atoms with E-state index in [9.17, 15) is 14.4 Å². The summed E-state index contributed by atoms with van der Waals surface area (Å²) in [6.07, 6.45) is -0.0673. The number of alkyl halides is 2. The van der Waals surface area contributed by atoms with E-state index in [-0.39, 0.29) is 18.9 Å². The molecule has 3 amide bonds. The van der Waals surface area contributed by atoms with Crippen LogP contribution in [0.4, 0.5) is 5.69 Å². The zero-order valence-corrected chi connectivity index (χ0v) is 25.1. The average molecular weight is 612 g/mol. The minimum Gasteiger partial charge on any atom is -0.457 e. The Labute approximate surface area is 259 Å². The molecule has 4 aliphatic rings. The van der Waals surface area contributed by atoms with Crippen LogP contribution in [0.2, 0.25) is 0 Å². The van der Waals surface area contributed by atoms with E-state index in [0.29, 0.717) is 11.4 Å². The number of carbonyl (C=O) groups is 3. The lowest BCUT2D eigenvalue weighted by Crippen LogP contribution is -2.57. The van der Waals surface area contributed by atoms with E-state index in [0.717, 1.165) is 39.1 Å². The Morgan fingerprint density at radius 1 is 0.767 bits per heavy atom. The zero-order valence-electron chi connectivity index (χ0n) is 23.6. The minimum absolute atomic E-state index is 0.0673. The third kappa shape index (κ3) is 3.96. The van der Waals surface area contributed by atoms with Crippen LogP contribution < -0.4 is 10.1 Å². The van der Waals surface area contributed by atoms with Crippen LogP contribution in [-0.4, -0.2) is 29.2 Å². The number of likely N-dealkylation sites (tertiary alicyclic amines) is 1. The maximum Gasteiger partial charge on any atom is 0.235 e. The van der Waals surface area contributed by atoms with Crippen molar-refractivity contribution in [1.82, 2.24) is 4.90 Å². The summed E-state index contributed by atoms with van der Waals surface area (Å²) in [5.41, 5.74) is 5.77. The third-order valence-corrected chi connectivity index (χ3v) is 10.4. The lowest BCUT2D eigenvalue weighted by Gasteiger charge is -2.54. The predicted octanol–water partition coefficient (Wildman–Crippen LogP) is 7.02. The second kappa shape index (κ2) is 9.97. The first-order valence-corrected chi connectivity index (χ1v) is 15.0. The summed E-state index contributed by atoms with van der Waals surface area (Å²) in [6.45, 7) is 3.96. The molecule has 0 spiro atoms. The molecule has 1 heterocycles. The largest absolute Gasteiger partial charge is 0.457 e. The fourth-order valence-electron chi connectivity index (χ4n) is 6.95. The molecule has 0 saturated carbocycles. The maximum atomic E-state index is 13.9. The molecule has 0 unspecified atom stereocenters. The van der Waals surface area contributed by atoms with Crippen LogP contribution in [0.15, 0.2) is 91.0 Å². The molecule has 2 bridgehead atoms. The molecule has 8 heteroatoms. The molecule has 8 rings (SSSR count). The molecule has 0 aromatic heterocycles. The van der Waals surface area contributed by atoms with Crippen molar-refractivity contribution in [1.29, 1.82) is 0 Å². The van der Waals surface area contributed by atoms with Crippen molar-refractivity contribution in [3.05, 3.63) is 124 Å². The van der Waals surface area contributed by atoms with Crippen molar-refractivity contribution in [2.75, 3.05) is 11.9 Å². The van der Waals surface area contributed by atoms with Gasteiger partial charge in [-0.3, -0.25) is 19.3 Å². The fourth-order valence-corrected chi connectivity index (χ4v) is 8.05. The SMILES string of the molecule is Cc1cccc(Oc2ccc(NC(=O)CCN3C(=O)[C@H]4[C@H](C3=O)C3(Cl)c5ccccc5C4(Cl)c4ccccc43)cc2)c1C. The number of benzene rings is 4. The number of nitrogens with zero attached hydrogens (tertiary/aromatic N) is 1. The second-order valence-electron chi connectivity index (χ2n) is 11.4. The second-order valence-corrected chi connectivity index (χ2v) is 12.6. The Morgan fingerprint density at radius 2 is 1.28 bits per heavy atom. The van der Waals surface area contributed by atoms with Gasteiger partial charge in [-0.05, 0) is 77.6 Å². The van der Waals surface area contributed by atoms with E-state index in [1.807, 2.05) is 80.6 Å². The highest BCUT2D eigenvalue weighted by atomic mass is 35.5. The molecule has 216 valence electrons. The standard InChI is InChI=1S/C35H28Cl2N2O4/c1-20-8-7-13-28(21(20)2)43-23-16-14-22(15-17-23)38-29(40)18-19-39-32(41)30-31(33(39)42)35(37)25-10-4-3-9-24(25)34(30,36)26-11-5-6-12-27(26)35/h3-17,30-31H,18-19H2,1-2H3,(H,38,40)/t30-,31-,34?,35?/m1/s1. The first-order valence-electron chi connectivity index (χ1n) is 14.2. The van der Waals surface area contributed by atoms with Gasteiger partial charge in [0.25, 0.3) is 0 Å². The number of ether oxygens (including phenoxy) is 1. The topological polar surface area (TPSA) is 75.7 Å². The van der Waals surface area contributed by atoms with Gasteiger partial charge in [0.2, 0.25) is 17.7 Å². The van der Waals surface area contributed by atoms with Gasteiger partial charge >= 0.3 is 0 Å². The molecule has 1 fully saturated rings. The number of nitrogens with one attached hydrogen (secondary N) is 1. The summed E-state index contributed by atoms with van der Waals surface area (Å²) >= 11 is 14.9. The zero-order chi connectivity index (χ0) is 30.1. The highest BCUT2D eigenvalue weighted by molar-refractivity contribution is 6.36. The number of amides is 3. The Hall–Kier alpha value is -4.13. The van der Waals surface area contributed by atoms with Gasteiger partial charge in [0.1, 0.15) is 21.2 Å². The highest BCUT2D eigenvalue weighted by Crippen LogP contribution is 2.69. The molecule has 4 aromatic rings. The van der Waals surface area contributed by atoms with Crippen molar-refractivity contribution in [2.24, 2.45) is 11.8 Å². The van der Waals surface area contributed by atoms with Crippen LogP contribution in [0.3, 0.4) is 0 Å². The number of imide groups is 1. The normalized spacial score (nSPS) is 24.8. The minimum atomic E-state index is -1.24. The van der Waals surface area contributed by atoms with E-state index >= 15 is 0 Å². The van der Waals surface area contributed by atoms with Crippen molar-refractivity contribution in [3.8, 4) is 11.5 Å². The molecule has 4 aromatic carbocycles. The summed E-state index contributed by atoms with van der Waals surface area (Å²) in [5.74, 6) is -1.47. The molecule has 1 N–H and O–H groups in total. The number of carbonyl (C=O) groups excluding carboxylic acids is 3. The van der Waals surface area contributed by atoms with E-state index in [2.05, 4.69) is 5.32 Å². The molecule has 43 heavy (non-hydrogen) atoms. The van der Waals surface area contributed by atoms with Crippen LogP contribution in [0.5, 0.6) is 11.5 Å². The number of halogens is 2. The van der Waals surface area contributed by atoms with Crippen LogP contribution in [0.25, 0.3) is 0 Å². The molecule has 1 saturated heterocycles. The van der Waals surface area contributed by atoms with Crippen LogP contribution in [0, 0.1) is 25.7 Å². The van der Waals surface area contributed by atoms with Gasteiger partial charge in [0, 0.05) is 18.7 Å². The summed E-state index contributed by atoms with van der Waals surface area (Å²) in [7, 11) is 0. The van der Waals surface area contributed by atoms with Crippen molar-refractivity contribution in [2.45, 2.75) is 30.0 Å². The predicted molar refractivity (Wildman–Crippen MR) is 166 cm³/mol. The number of hydrogen-bond donors (Lipinski definition) is 1. The van der Waals surface area contributed by atoms with Gasteiger partial charge in [-0.15, -0.1) is 23.2 Å². The Morgan fingerprint density at radius 3 is 1.79 bits per heavy atom. The van der Waals surface area contributed by atoms with Crippen LogP contribution in [0.1, 0.15) is 39.8 Å². The molecule has 2 atom stereocenters. The third-order valence-electron chi connectivity index (χ3n) is 9.16. The monoisotopic (exact) mass is 610 g/mol. The number of rotatable bonds is 6. The van der Waals surface area contributed by atoms with Crippen molar-refractivity contribution >= 4 is 46.6 Å². The molecular weight excluding hydrogens is 583 g/mol. The van der Waals surface area contributed by atoms with Gasteiger partial charge in [-0.25, -0.2) is 0 Å². The lowest BCUT2D eigenvalue weighted by atomic mass is 9.54. The number of aryl methyl sites for hydroxylation is 1. The van der Waals surface area contributed by atoms with E-state index in [1.165, 1.54) is 4.90 Å². The molecule has 6 nitrogen and oxygen atoms in total. The quantitative estimate of drug-likeness (QED) is 0.188. The fraction of sp³-hybridized carbons (Fsp3) is 0.229. The average Bonchev–Trinajstić information content (AvgIpc) is 3.28. The summed E-state index contributed by atoms with van der Waals surface area (Å²) in [5, 5.41) is 2.85. The van der Waals surface area contributed by atoms with Crippen LogP contribution >= 0.6 is 23.2 Å². The molecule has 3 aliphatic carbocycles. The van der Waals surface area contributed by atoms with Gasteiger partial charge < -0.3 is 10.1 Å². The number of anilines is 1. The van der Waals surface area contributed by atoms with E-state index < -0.39 is 33.4 Å². The van der Waals surface area contributed by atoms with E-state index in [4.69, 9.17) is 27.9 Å². The Kier molecular flexibility index (Phi) is 6.42. The van der Waals surface area contributed by atoms with Crippen LogP contribution in [-0.2, 0) is 24.1 Å². The first kappa shape index (κ1) is 27.7. The Balaban J connectivity index is 1.08. The maximum absolute atomic E-state index is 13.9. The summed E-state index contributed by atoms with van der Waals surface area (Å²) in [4.78, 5) is 39.5. The Bertz CT molecular complexity index is 1700. The lowest BCUT2D eigenvalue weighted by molar-refractivity contribution is -0.140. The van der Waals surface area contributed by atoms with Crippen molar-refractivity contribution in [3.63, 3.8) is 0 Å². The molecular formula is C35H28Cl2N2O4. The summed E-state index contributed by atoms with van der Waals surface area (Å²) < 4.78 is 6.00. The van der Waals surface area contributed by atoms with Crippen molar-refractivity contribution < 1.29 is 19.1 Å². The molecule has 1 aliphatic heterocycles. The smallest absolute Gasteiger partial charge is 0.235 e. The highest BCUT2D eigenvalue weighted by Gasteiger charge is 2.72. The van der Waals surface area contributed by atoms with Gasteiger partial charge in [0.15, 0.2) is 0 Å². The van der Waals surface area contributed by atoms with Gasteiger partial charge in [-0.1, -0.05) is 60.7 Å². The first-order chi connectivity index (χ1) is 20.7. The molecule has 0 radical (unpaired) electrons. The number of hydrogen-bond acceptors (Lipinski definition) is 4. The summed E-state index contributed by atoms with van der Waals surface area (Å²) in [6, 6.07) is 28.0. The van der Waals surface area contributed by atoms with Gasteiger partial charge in [0.05, 0.1) is 11.8 Å². The van der Waals surface area contributed by atoms with Gasteiger partial charge in [-0.2, -0.15) is 0 Å². The van der Waals surface area contributed by atoms with E-state index in [1.54, 1.807) is 24.3 Å².